The summed E-state index contributed by atoms with van der Waals surface area (Å²) in [4.78, 5) is 30.2. The molecule has 0 saturated heterocycles. The number of H-pyrrole nitrogens is 1. The smallest absolute Gasteiger partial charge is 0.308 e. The predicted molar refractivity (Wildman–Crippen MR) is 88.9 cm³/mol. The molecule has 0 aliphatic heterocycles. The average Bonchev–Trinajstić information content (AvgIpc) is 2.78. The first-order valence-electron chi connectivity index (χ1n) is 6.17. The van der Waals surface area contributed by atoms with Crippen molar-refractivity contribution < 1.29 is 0 Å². The molecule has 0 atom stereocenters. The second kappa shape index (κ2) is 5.57. The number of fused-ring (bicyclic) bond motifs is 1. The number of nitrogens with zero attached hydrogens (tertiary/aromatic N) is 3. The van der Waals surface area contributed by atoms with Crippen LogP contribution >= 0.6 is 39.1 Å². The first-order chi connectivity index (χ1) is 10.4. The van der Waals surface area contributed by atoms with Gasteiger partial charge in [-0.05, 0) is 33.6 Å². The number of halogens is 3. The fourth-order valence-corrected chi connectivity index (χ4v) is 2.96. The Hall–Kier alpha value is -1.57. The summed E-state index contributed by atoms with van der Waals surface area (Å²) >= 11 is 15.2. The van der Waals surface area contributed by atoms with Crippen LogP contribution in [0.4, 0.5) is 0 Å². The van der Waals surface area contributed by atoms with Crippen molar-refractivity contribution >= 4 is 50.3 Å². The summed E-state index contributed by atoms with van der Waals surface area (Å²) in [5.74, 6) is 0. The lowest BCUT2D eigenvalue weighted by Crippen LogP contribution is -2.29. The van der Waals surface area contributed by atoms with Crippen LogP contribution in [0.5, 0.6) is 0 Å². The van der Waals surface area contributed by atoms with Gasteiger partial charge in [0.2, 0.25) is 0 Å². The Kier molecular flexibility index (Phi) is 3.88. The Morgan fingerprint density at radius 2 is 2.00 bits per heavy atom. The van der Waals surface area contributed by atoms with Crippen LogP contribution in [0.15, 0.2) is 32.5 Å². The molecule has 0 saturated carbocycles. The summed E-state index contributed by atoms with van der Waals surface area (Å²) in [6, 6.07) is 5.22. The molecule has 6 nitrogen and oxygen atoms in total. The highest BCUT2D eigenvalue weighted by atomic mass is 79.9. The standard InChI is InChI=1S/C13H9BrCl2N4O2/c1-19-10-9(11(21)18-13(19)22)20(12(14)17-10)5-6-2-3-7(15)8(16)4-6/h2-4H,5H2,1H3,(H,18,21,22). The second-order valence-corrected chi connectivity index (χ2v) is 6.23. The molecule has 0 bridgehead atoms. The molecule has 0 amide bonds. The number of benzene rings is 1. The largest absolute Gasteiger partial charge is 0.329 e. The Morgan fingerprint density at radius 3 is 2.68 bits per heavy atom. The van der Waals surface area contributed by atoms with E-state index < -0.39 is 11.2 Å². The molecule has 2 aromatic heterocycles. The third-order valence-electron chi connectivity index (χ3n) is 3.29. The SMILES string of the molecule is Cn1c(=O)[nH]c(=O)c2c1nc(Br)n2Cc1ccc(Cl)c(Cl)c1. The number of aromatic amines is 1. The molecule has 0 radical (unpaired) electrons. The van der Waals surface area contributed by atoms with E-state index in [-0.39, 0.29) is 0 Å². The second-order valence-electron chi connectivity index (χ2n) is 4.71. The zero-order valence-corrected chi connectivity index (χ0v) is 14.3. The van der Waals surface area contributed by atoms with Crippen LogP contribution in [0.25, 0.3) is 11.2 Å². The molecule has 9 heteroatoms. The van der Waals surface area contributed by atoms with Crippen molar-refractivity contribution in [3.05, 3.63) is 59.4 Å². The maximum absolute atomic E-state index is 12.1. The van der Waals surface area contributed by atoms with E-state index in [0.29, 0.717) is 32.5 Å². The van der Waals surface area contributed by atoms with E-state index in [1.165, 1.54) is 4.57 Å². The van der Waals surface area contributed by atoms with E-state index in [4.69, 9.17) is 23.2 Å². The molecular formula is C13H9BrCl2N4O2. The first-order valence-corrected chi connectivity index (χ1v) is 7.72. The number of hydrogen-bond acceptors (Lipinski definition) is 3. The first kappa shape index (κ1) is 15.3. The van der Waals surface area contributed by atoms with Gasteiger partial charge < -0.3 is 4.57 Å². The molecule has 114 valence electrons. The lowest BCUT2D eigenvalue weighted by atomic mass is 10.2. The third kappa shape index (κ3) is 2.49. The summed E-state index contributed by atoms with van der Waals surface area (Å²) in [5.41, 5.74) is 0.462. The monoisotopic (exact) mass is 402 g/mol. The van der Waals surface area contributed by atoms with Gasteiger partial charge in [0.1, 0.15) is 0 Å². The van der Waals surface area contributed by atoms with Crippen LogP contribution in [0, 0.1) is 0 Å². The van der Waals surface area contributed by atoms with Gasteiger partial charge in [-0.1, -0.05) is 29.3 Å². The summed E-state index contributed by atoms with van der Waals surface area (Å²) in [6.45, 7) is 0.356. The molecule has 0 aliphatic carbocycles. The molecule has 3 rings (SSSR count). The summed E-state index contributed by atoms with van der Waals surface area (Å²) in [7, 11) is 1.55. The van der Waals surface area contributed by atoms with Crippen molar-refractivity contribution in [2.75, 3.05) is 0 Å². The van der Waals surface area contributed by atoms with E-state index in [1.807, 2.05) is 6.07 Å². The van der Waals surface area contributed by atoms with Gasteiger partial charge >= 0.3 is 5.69 Å². The average molecular weight is 404 g/mol. The fourth-order valence-electron chi connectivity index (χ4n) is 2.17. The van der Waals surface area contributed by atoms with Crippen LogP contribution in [-0.2, 0) is 13.6 Å². The topological polar surface area (TPSA) is 72.7 Å². The molecule has 3 aromatic rings. The summed E-state index contributed by atoms with van der Waals surface area (Å²) in [5, 5.41) is 0.890. The van der Waals surface area contributed by atoms with Gasteiger partial charge in [0, 0.05) is 7.05 Å². The Balaban J connectivity index is 2.21. The molecule has 2 heterocycles. The Labute approximate surface area is 142 Å². The third-order valence-corrected chi connectivity index (χ3v) is 4.63. The van der Waals surface area contributed by atoms with Crippen molar-refractivity contribution in [1.29, 1.82) is 0 Å². The highest BCUT2D eigenvalue weighted by molar-refractivity contribution is 9.10. The minimum atomic E-state index is -0.510. The van der Waals surface area contributed by atoms with Crippen molar-refractivity contribution in [2.45, 2.75) is 6.54 Å². The molecule has 0 fully saturated rings. The van der Waals surface area contributed by atoms with Crippen LogP contribution < -0.4 is 11.2 Å². The van der Waals surface area contributed by atoms with Gasteiger partial charge in [0.25, 0.3) is 5.56 Å². The number of rotatable bonds is 2. The minimum absolute atomic E-state index is 0.306. The number of imidazole rings is 1. The molecule has 1 N–H and O–H groups in total. The maximum atomic E-state index is 12.1. The van der Waals surface area contributed by atoms with Crippen molar-refractivity contribution in [3.63, 3.8) is 0 Å². The van der Waals surface area contributed by atoms with Gasteiger partial charge in [0.05, 0.1) is 16.6 Å². The van der Waals surface area contributed by atoms with Crippen molar-refractivity contribution in [2.24, 2.45) is 7.05 Å². The summed E-state index contributed by atoms with van der Waals surface area (Å²) in [6.07, 6.45) is 0. The number of hydrogen-bond donors (Lipinski definition) is 1. The zero-order valence-electron chi connectivity index (χ0n) is 11.2. The van der Waals surface area contributed by atoms with Crippen molar-refractivity contribution in [3.8, 4) is 0 Å². The number of nitrogens with one attached hydrogen (secondary N) is 1. The van der Waals surface area contributed by atoms with Gasteiger partial charge in [-0.15, -0.1) is 0 Å². The molecule has 0 aliphatic rings. The molecule has 22 heavy (non-hydrogen) atoms. The lowest BCUT2D eigenvalue weighted by Gasteiger charge is -2.07. The van der Waals surface area contributed by atoms with Crippen LogP contribution in [0.1, 0.15) is 5.56 Å². The molecule has 0 spiro atoms. The van der Waals surface area contributed by atoms with E-state index in [0.717, 1.165) is 5.56 Å². The van der Waals surface area contributed by atoms with Crippen LogP contribution in [-0.4, -0.2) is 19.1 Å². The van der Waals surface area contributed by atoms with E-state index in [1.54, 1.807) is 23.7 Å². The minimum Gasteiger partial charge on any atom is -0.308 e. The van der Waals surface area contributed by atoms with Gasteiger partial charge in [-0.25, -0.2) is 9.78 Å². The normalized spacial score (nSPS) is 11.3. The highest BCUT2D eigenvalue weighted by Gasteiger charge is 2.16. The molecule has 1 aromatic carbocycles. The fraction of sp³-hybridized carbons (Fsp3) is 0.154. The number of aromatic nitrogens is 4. The highest BCUT2D eigenvalue weighted by Crippen LogP contribution is 2.24. The molecule has 0 unspecified atom stereocenters. The summed E-state index contributed by atoms with van der Waals surface area (Å²) < 4.78 is 3.39. The van der Waals surface area contributed by atoms with Crippen LogP contribution in [0.2, 0.25) is 10.0 Å². The quantitative estimate of drug-likeness (QED) is 0.668. The van der Waals surface area contributed by atoms with Crippen molar-refractivity contribution in [1.82, 2.24) is 19.1 Å². The van der Waals surface area contributed by atoms with Gasteiger partial charge in [-0.2, -0.15) is 0 Å². The van der Waals surface area contributed by atoms with Gasteiger partial charge in [-0.3, -0.25) is 14.3 Å². The Morgan fingerprint density at radius 1 is 1.27 bits per heavy atom. The maximum Gasteiger partial charge on any atom is 0.329 e. The van der Waals surface area contributed by atoms with Gasteiger partial charge in [0.15, 0.2) is 15.9 Å². The van der Waals surface area contributed by atoms with E-state index in [2.05, 4.69) is 25.9 Å². The van der Waals surface area contributed by atoms with Crippen LogP contribution in [0.3, 0.4) is 0 Å². The van der Waals surface area contributed by atoms with E-state index >= 15 is 0 Å². The lowest BCUT2D eigenvalue weighted by molar-refractivity contribution is 0.791. The zero-order chi connectivity index (χ0) is 16.0. The van der Waals surface area contributed by atoms with E-state index in [9.17, 15) is 9.59 Å². The molecular weight excluding hydrogens is 395 g/mol. The number of aryl methyl sites for hydroxylation is 1. The predicted octanol–water partition coefficient (Wildman–Crippen LogP) is 2.54. The Bertz CT molecular complexity index is 1010.